The molecule has 0 spiro atoms. The number of hydrogen-bond donors (Lipinski definition) is 3. The minimum atomic E-state index is -0.718. The molecule has 0 heterocycles. The van der Waals surface area contributed by atoms with Gasteiger partial charge in [-0.25, -0.2) is 4.39 Å². The highest BCUT2D eigenvalue weighted by Gasteiger charge is 2.03. The Morgan fingerprint density at radius 2 is 1.73 bits per heavy atom. The molecule has 15 heavy (non-hydrogen) atoms. The zero-order chi connectivity index (χ0) is 11.9. The molecule has 0 amide bonds. The van der Waals surface area contributed by atoms with Crippen LogP contribution in [0.3, 0.4) is 0 Å². The minimum Gasteiger partial charge on any atom is -0.483 e. The summed E-state index contributed by atoms with van der Waals surface area (Å²) in [7, 11) is 0. The maximum absolute atomic E-state index is 12.8. The number of aliphatic hydroxyl groups excluding tert-OH is 1. The van der Waals surface area contributed by atoms with Crippen LogP contribution in [0.5, 0.6) is 0 Å². The molecule has 0 aromatic carbocycles. The highest BCUT2D eigenvalue weighted by atomic mass is 19.1. The SMILES string of the molecule is NCCC(F)CCCCCCO.O=CO. The van der Waals surface area contributed by atoms with E-state index in [1.54, 1.807) is 0 Å². The summed E-state index contributed by atoms with van der Waals surface area (Å²) in [4.78, 5) is 8.36. The largest absolute Gasteiger partial charge is 0.483 e. The monoisotopic (exact) mass is 223 g/mol. The Kier molecular flexibility index (Phi) is 17.6. The fourth-order valence-electron chi connectivity index (χ4n) is 1.16. The van der Waals surface area contributed by atoms with E-state index in [0.29, 0.717) is 19.4 Å². The number of unbranched alkanes of at least 4 members (excludes halogenated alkanes) is 3. The molecule has 4 nitrogen and oxygen atoms in total. The Labute approximate surface area is 90.3 Å². The Morgan fingerprint density at radius 3 is 2.20 bits per heavy atom. The smallest absolute Gasteiger partial charge is 0.290 e. The number of rotatable bonds is 8. The normalized spacial score (nSPS) is 11.4. The first-order valence-corrected chi connectivity index (χ1v) is 5.25. The number of aliphatic hydroxyl groups is 1. The molecule has 0 rings (SSSR count). The second kappa shape index (κ2) is 15.8. The number of alkyl halides is 1. The first-order valence-electron chi connectivity index (χ1n) is 5.25. The fourth-order valence-corrected chi connectivity index (χ4v) is 1.16. The standard InChI is InChI=1S/C9H20FNO.CH2O2/c10-9(6-7-11)5-3-1-2-4-8-12;2-1-3/h9,12H,1-8,11H2;1H,(H,2,3). The van der Waals surface area contributed by atoms with Crippen LogP contribution in [-0.2, 0) is 4.79 Å². The molecule has 0 fully saturated rings. The molecule has 0 bridgehead atoms. The second-order valence-electron chi connectivity index (χ2n) is 3.21. The topological polar surface area (TPSA) is 83.5 Å². The second-order valence-corrected chi connectivity index (χ2v) is 3.21. The van der Waals surface area contributed by atoms with E-state index in [1.165, 1.54) is 0 Å². The highest BCUT2D eigenvalue weighted by molar-refractivity contribution is 5.32. The average Bonchev–Trinajstić information content (AvgIpc) is 2.19. The van der Waals surface area contributed by atoms with Gasteiger partial charge in [-0.2, -0.15) is 0 Å². The molecule has 0 aliphatic heterocycles. The molecule has 1 atom stereocenters. The van der Waals surface area contributed by atoms with E-state index in [1.807, 2.05) is 0 Å². The van der Waals surface area contributed by atoms with E-state index < -0.39 is 6.17 Å². The van der Waals surface area contributed by atoms with Crippen molar-refractivity contribution in [2.24, 2.45) is 5.73 Å². The quantitative estimate of drug-likeness (QED) is 0.428. The molecule has 0 saturated heterocycles. The van der Waals surface area contributed by atoms with Crippen LogP contribution in [0.15, 0.2) is 0 Å². The van der Waals surface area contributed by atoms with Crippen molar-refractivity contribution in [1.82, 2.24) is 0 Å². The van der Waals surface area contributed by atoms with Crippen LogP contribution >= 0.6 is 0 Å². The van der Waals surface area contributed by atoms with Crippen LogP contribution in [0.2, 0.25) is 0 Å². The zero-order valence-electron chi connectivity index (χ0n) is 9.07. The van der Waals surface area contributed by atoms with Gasteiger partial charge < -0.3 is 15.9 Å². The van der Waals surface area contributed by atoms with Crippen molar-refractivity contribution in [2.75, 3.05) is 13.2 Å². The number of hydrogen-bond acceptors (Lipinski definition) is 3. The summed E-state index contributed by atoms with van der Waals surface area (Å²) in [5.41, 5.74) is 5.21. The van der Waals surface area contributed by atoms with Crippen molar-refractivity contribution in [2.45, 2.75) is 44.7 Å². The number of carbonyl (C=O) groups is 1. The summed E-state index contributed by atoms with van der Waals surface area (Å²) in [6.45, 7) is 0.444. The molecular weight excluding hydrogens is 201 g/mol. The lowest BCUT2D eigenvalue weighted by Gasteiger charge is -2.05. The molecule has 0 aliphatic rings. The summed E-state index contributed by atoms with van der Waals surface area (Å²) in [6, 6.07) is 0. The van der Waals surface area contributed by atoms with Crippen molar-refractivity contribution < 1.29 is 19.4 Å². The van der Waals surface area contributed by atoms with Gasteiger partial charge in [0, 0.05) is 6.61 Å². The van der Waals surface area contributed by atoms with Crippen LogP contribution in [0, 0.1) is 0 Å². The van der Waals surface area contributed by atoms with E-state index in [4.69, 9.17) is 20.7 Å². The van der Waals surface area contributed by atoms with Gasteiger partial charge in [0.1, 0.15) is 6.17 Å². The van der Waals surface area contributed by atoms with Crippen LogP contribution in [0.25, 0.3) is 0 Å². The third-order valence-corrected chi connectivity index (χ3v) is 1.91. The summed E-state index contributed by atoms with van der Waals surface area (Å²) >= 11 is 0. The summed E-state index contributed by atoms with van der Waals surface area (Å²) in [5.74, 6) is 0. The van der Waals surface area contributed by atoms with Gasteiger partial charge in [0.15, 0.2) is 0 Å². The van der Waals surface area contributed by atoms with Crippen molar-refractivity contribution in [3.63, 3.8) is 0 Å². The first-order chi connectivity index (χ1) is 7.22. The van der Waals surface area contributed by atoms with Crippen molar-refractivity contribution >= 4 is 6.47 Å². The average molecular weight is 223 g/mol. The Morgan fingerprint density at radius 1 is 1.20 bits per heavy atom. The van der Waals surface area contributed by atoms with Gasteiger partial charge in [0.05, 0.1) is 0 Å². The molecule has 0 aromatic rings. The Hall–Kier alpha value is -0.680. The van der Waals surface area contributed by atoms with E-state index in [2.05, 4.69) is 0 Å². The van der Waals surface area contributed by atoms with Gasteiger partial charge in [-0.15, -0.1) is 0 Å². The van der Waals surface area contributed by atoms with E-state index in [0.717, 1.165) is 25.7 Å². The molecule has 0 saturated carbocycles. The number of halogens is 1. The van der Waals surface area contributed by atoms with E-state index in [-0.39, 0.29) is 13.1 Å². The van der Waals surface area contributed by atoms with Gasteiger partial charge >= 0.3 is 0 Å². The van der Waals surface area contributed by atoms with Crippen LogP contribution in [-0.4, -0.2) is 36.0 Å². The Balaban J connectivity index is 0. The molecule has 92 valence electrons. The lowest BCUT2D eigenvalue weighted by molar-refractivity contribution is -0.122. The fraction of sp³-hybridized carbons (Fsp3) is 0.900. The Bertz CT molecular complexity index is 125. The predicted octanol–water partition coefficient (Wildman–Crippen LogP) is 1.32. The van der Waals surface area contributed by atoms with Gasteiger partial charge in [-0.05, 0) is 25.8 Å². The maximum atomic E-state index is 12.8. The summed E-state index contributed by atoms with van der Waals surface area (Å²) in [5, 5.41) is 15.4. The lowest BCUT2D eigenvalue weighted by atomic mass is 10.1. The molecule has 0 radical (unpaired) electrons. The van der Waals surface area contributed by atoms with E-state index >= 15 is 0 Å². The lowest BCUT2D eigenvalue weighted by Crippen LogP contribution is -2.08. The van der Waals surface area contributed by atoms with E-state index in [9.17, 15) is 4.39 Å². The third kappa shape index (κ3) is 19.7. The van der Waals surface area contributed by atoms with Gasteiger partial charge in [-0.3, -0.25) is 4.79 Å². The van der Waals surface area contributed by atoms with Gasteiger partial charge in [0.25, 0.3) is 6.47 Å². The molecule has 5 heteroatoms. The zero-order valence-corrected chi connectivity index (χ0v) is 9.07. The highest BCUT2D eigenvalue weighted by Crippen LogP contribution is 2.09. The van der Waals surface area contributed by atoms with Gasteiger partial charge in [-0.1, -0.05) is 19.3 Å². The minimum absolute atomic E-state index is 0.250. The number of carboxylic acid groups (broad SMARTS) is 1. The number of nitrogens with two attached hydrogens (primary N) is 1. The molecular formula is C10H22FNO3. The predicted molar refractivity (Wildman–Crippen MR) is 57.4 cm³/mol. The maximum Gasteiger partial charge on any atom is 0.290 e. The van der Waals surface area contributed by atoms with Crippen molar-refractivity contribution in [1.29, 1.82) is 0 Å². The summed E-state index contributed by atoms with van der Waals surface area (Å²) in [6.07, 6.45) is 4.18. The first kappa shape index (κ1) is 16.7. The van der Waals surface area contributed by atoms with Gasteiger partial charge in [0.2, 0.25) is 0 Å². The molecule has 1 unspecified atom stereocenters. The van der Waals surface area contributed by atoms with Crippen molar-refractivity contribution in [3.05, 3.63) is 0 Å². The third-order valence-electron chi connectivity index (χ3n) is 1.91. The van der Waals surface area contributed by atoms with Crippen molar-refractivity contribution in [3.8, 4) is 0 Å². The molecule has 0 aromatic heterocycles. The summed E-state index contributed by atoms with van der Waals surface area (Å²) < 4.78 is 12.8. The van der Waals surface area contributed by atoms with Crippen LogP contribution < -0.4 is 5.73 Å². The van der Waals surface area contributed by atoms with Crippen LogP contribution in [0.1, 0.15) is 38.5 Å². The molecule has 4 N–H and O–H groups in total. The molecule has 0 aliphatic carbocycles. The van der Waals surface area contributed by atoms with Crippen LogP contribution in [0.4, 0.5) is 4.39 Å².